The molecule has 1 saturated heterocycles. The molecule has 1 fully saturated rings. The number of ether oxygens (including phenoxy) is 2. The smallest absolute Gasteiger partial charge is 0.407 e. The van der Waals surface area contributed by atoms with Gasteiger partial charge in [-0.15, -0.1) is 0 Å². The van der Waals surface area contributed by atoms with Gasteiger partial charge in [-0.05, 0) is 65.4 Å². The minimum Gasteiger partial charge on any atom is -0.467 e. The molecule has 2 heterocycles. The highest BCUT2D eigenvalue weighted by Gasteiger charge is 2.35. The SMILES string of the molecule is COC(=O)C1CCCN1C(=O)Nc1c(C)nc(CC(C)C)c(CNC(=O)OC(C)(C)C)c1-c1ccc(C)cc1. The molecule has 3 amide bonds. The predicted octanol–water partition coefficient (Wildman–Crippen LogP) is 5.76. The number of urea groups is 1. The molecule has 0 saturated carbocycles. The summed E-state index contributed by atoms with van der Waals surface area (Å²) in [5.74, 6) is -0.111. The molecule has 0 bridgehead atoms. The lowest BCUT2D eigenvalue weighted by atomic mass is 9.92. The van der Waals surface area contributed by atoms with Crippen molar-refractivity contribution in [1.82, 2.24) is 15.2 Å². The quantitative estimate of drug-likeness (QED) is 0.434. The van der Waals surface area contributed by atoms with E-state index in [1.807, 2.05) is 58.9 Å². The average Bonchev–Trinajstić information content (AvgIpc) is 3.33. The number of nitrogens with zero attached hydrogens (tertiary/aromatic N) is 2. The number of rotatable bonds is 7. The van der Waals surface area contributed by atoms with Crippen molar-refractivity contribution < 1.29 is 23.9 Å². The van der Waals surface area contributed by atoms with Crippen LogP contribution in [0.15, 0.2) is 24.3 Å². The van der Waals surface area contributed by atoms with E-state index in [0.29, 0.717) is 43.1 Å². The first-order valence-electron chi connectivity index (χ1n) is 13.5. The third-order valence-electron chi connectivity index (χ3n) is 6.53. The normalized spacial score (nSPS) is 15.3. The van der Waals surface area contributed by atoms with Gasteiger partial charge in [-0.2, -0.15) is 0 Å². The molecule has 1 aromatic heterocycles. The van der Waals surface area contributed by atoms with Gasteiger partial charge in [-0.25, -0.2) is 14.4 Å². The van der Waals surface area contributed by atoms with E-state index in [9.17, 15) is 14.4 Å². The first-order chi connectivity index (χ1) is 18.3. The molecule has 1 unspecified atom stereocenters. The number of likely N-dealkylation sites (tertiary alicyclic amines) is 1. The second kappa shape index (κ2) is 12.5. The van der Waals surface area contributed by atoms with Gasteiger partial charge in [0.1, 0.15) is 11.6 Å². The van der Waals surface area contributed by atoms with E-state index in [1.54, 1.807) is 0 Å². The number of aromatic nitrogens is 1. The van der Waals surface area contributed by atoms with Crippen LogP contribution in [-0.2, 0) is 27.2 Å². The van der Waals surface area contributed by atoms with Gasteiger partial charge in [0.05, 0.1) is 18.5 Å². The fourth-order valence-corrected chi connectivity index (χ4v) is 4.78. The van der Waals surface area contributed by atoms with Crippen molar-refractivity contribution in [3.05, 3.63) is 46.8 Å². The number of aryl methyl sites for hydroxylation is 2. The topological polar surface area (TPSA) is 110 Å². The number of hydrogen-bond acceptors (Lipinski definition) is 6. The number of carbonyl (C=O) groups excluding carboxylic acids is 3. The van der Waals surface area contributed by atoms with Crippen molar-refractivity contribution in [2.75, 3.05) is 19.0 Å². The standard InChI is InChI=1S/C30H42N4O5/c1-18(2)16-23-22(17-31-29(37)39-30(5,6)7)25(21-13-11-19(3)12-14-21)26(20(4)32-23)33-28(36)34-15-9-10-24(34)27(35)38-8/h11-14,18,24H,9-10,15-17H2,1-8H3,(H,31,37)(H,33,36). The van der Waals surface area contributed by atoms with Gasteiger partial charge in [-0.3, -0.25) is 4.98 Å². The number of benzene rings is 1. The monoisotopic (exact) mass is 538 g/mol. The van der Waals surface area contributed by atoms with Gasteiger partial charge in [0.15, 0.2) is 0 Å². The summed E-state index contributed by atoms with van der Waals surface area (Å²) in [6, 6.07) is 7.02. The van der Waals surface area contributed by atoms with Crippen LogP contribution < -0.4 is 10.6 Å². The first kappa shape index (κ1) is 29.9. The van der Waals surface area contributed by atoms with Crippen molar-refractivity contribution in [3.63, 3.8) is 0 Å². The highest BCUT2D eigenvalue weighted by molar-refractivity contribution is 5.98. The van der Waals surface area contributed by atoms with Crippen LogP contribution >= 0.6 is 0 Å². The summed E-state index contributed by atoms with van der Waals surface area (Å²) in [6.07, 6.45) is 1.43. The van der Waals surface area contributed by atoms with Gasteiger partial charge in [0.25, 0.3) is 0 Å². The number of esters is 1. The molecular weight excluding hydrogens is 496 g/mol. The highest BCUT2D eigenvalue weighted by Crippen LogP contribution is 2.37. The largest absolute Gasteiger partial charge is 0.467 e. The molecule has 9 nitrogen and oxygen atoms in total. The first-order valence-corrected chi connectivity index (χ1v) is 13.5. The number of alkyl carbamates (subject to hydrolysis) is 1. The number of carbonyl (C=O) groups is 3. The van der Waals surface area contributed by atoms with Gasteiger partial charge < -0.3 is 25.0 Å². The van der Waals surface area contributed by atoms with E-state index in [1.165, 1.54) is 12.0 Å². The number of pyridine rings is 1. The minimum atomic E-state index is -0.638. The van der Waals surface area contributed by atoms with E-state index in [-0.39, 0.29) is 12.6 Å². The summed E-state index contributed by atoms with van der Waals surface area (Å²) in [7, 11) is 1.33. The van der Waals surface area contributed by atoms with Crippen LogP contribution in [0, 0.1) is 19.8 Å². The fourth-order valence-electron chi connectivity index (χ4n) is 4.78. The summed E-state index contributed by atoms with van der Waals surface area (Å²) in [5.41, 5.74) is 5.00. The van der Waals surface area contributed by atoms with Gasteiger partial charge >= 0.3 is 18.1 Å². The summed E-state index contributed by atoms with van der Waals surface area (Å²) in [5, 5.41) is 5.95. The van der Waals surface area contributed by atoms with Crippen LogP contribution in [0.25, 0.3) is 11.1 Å². The third-order valence-corrected chi connectivity index (χ3v) is 6.53. The van der Waals surface area contributed by atoms with Crippen molar-refractivity contribution in [3.8, 4) is 11.1 Å². The minimum absolute atomic E-state index is 0.171. The maximum absolute atomic E-state index is 13.5. The molecule has 3 rings (SSSR count). The molecule has 39 heavy (non-hydrogen) atoms. The third kappa shape index (κ3) is 7.71. The van der Waals surface area contributed by atoms with Crippen LogP contribution in [0.5, 0.6) is 0 Å². The number of amides is 3. The number of anilines is 1. The zero-order valence-electron chi connectivity index (χ0n) is 24.4. The molecule has 212 valence electrons. The summed E-state index contributed by atoms with van der Waals surface area (Å²) in [6.45, 7) is 14.2. The van der Waals surface area contributed by atoms with E-state index < -0.39 is 23.7 Å². The van der Waals surface area contributed by atoms with Crippen LogP contribution in [-0.4, -0.2) is 53.3 Å². The molecule has 2 aromatic rings. The second-order valence-corrected chi connectivity index (χ2v) is 11.5. The molecule has 1 aliphatic rings. The van der Waals surface area contributed by atoms with E-state index in [2.05, 4.69) is 24.5 Å². The van der Waals surface area contributed by atoms with E-state index in [4.69, 9.17) is 14.5 Å². The Morgan fingerprint density at radius 1 is 1.13 bits per heavy atom. The van der Waals surface area contributed by atoms with Crippen molar-refractivity contribution in [2.24, 2.45) is 5.92 Å². The average molecular weight is 539 g/mol. The fraction of sp³-hybridized carbons (Fsp3) is 0.533. The molecule has 0 aliphatic carbocycles. The van der Waals surface area contributed by atoms with E-state index >= 15 is 0 Å². The van der Waals surface area contributed by atoms with Gasteiger partial charge in [-0.1, -0.05) is 43.7 Å². The van der Waals surface area contributed by atoms with Crippen LogP contribution in [0.3, 0.4) is 0 Å². The lowest BCUT2D eigenvalue weighted by Crippen LogP contribution is -2.43. The van der Waals surface area contributed by atoms with Gasteiger partial charge in [0, 0.05) is 29.9 Å². The summed E-state index contributed by atoms with van der Waals surface area (Å²) < 4.78 is 10.4. The van der Waals surface area contributed by atoms with Crippen molar-refractivity contribution >= 4 is 23.8 Å². The summed E-state index contributed by atoms with van der Waals surface area (Å²) >= 11 is 0. The van der Waals surface area contributed by atoms with E-state index in [0.717, 1.165) is 27.9 Å². The maximum Gasteiger partial charge on any atom is 0.407 e. The van der Waals surface area contributed by atoms with Crippen molar-refractivity contribution in [1.29, 1.82) is 0 Å². The van der Waals surface area contributed by atoms with Crippen LogP contribution in [0.2, 0.25) is 0 Å². The highest BCUT2D eigenvalue weighted by atomic mass is 16.6. The van der Waals surface area contributed by atoms with Crippen molar-refractivity contribution in [2.45, 2.75) is 85.9 Å². The van der Waals surface area contributed by atoms with Crippen LogP contribution in [0.4, 0.5) is 15.3 Å². The molecule has 9 heteroatoms. The second-order valence-electron chi connectivity index (χ2n) is 11.5. The molecule has 1 atom stereocenters. The maximum atomic E-state index is 13.5. The molecular formula is C30H42N4O5. The number of nitrogens with one attached hydrogen (secondary N) is 2. The molecule has 1 aromatic carbocycles. The zero-order chi connectivity index (χ0) is 28.9. The molecule has 1 aliphatic heterocycles. The number of hydrogen-bond donors (Lipinski definition) is 2. The molecule has 0 radical (unpaired) electrons. The Morgan fingerprint density at radius 2 is 1.79 bits per heavy atom. The van der Waals surface area contributed by atoms with Gasteiger partial charge in [0.2, 0.25) is 0 Å². The Hall–Kier alpha value is -3.62. The summed E-state index contributed by atoms with van der Waals surface area (Å²) in [4.78, 5) is 44.9. The van der Waals surface area contributed by atoms with Crippen LogP contribution in [0.1, 0.15) is 70.0 Å². The lowest BCUT2D eigenvalue weighted by Gasteiger charge is -2.26. The molecule has 0 spiro atoms. The Balaban J connectivity index is 2.11. The molecule has 2 N–H and O–H groups in total. The Morgan fingerprint density at radius 3 is 2.38 bits per heavy atom. The Labute approximate surface area is 231 Å². The Bertz CT molecular complexity index is 1200. The lowest BCUT2D eigenvalue weighted by molar-refractivity contribution is -0.144. The number of methoxy groups -OCH3 is 1. The zero-order valence-corrected chi connectivity index (χ0v) is 24.4. The Kier molecular flexibility index (Phi) is 9.59. The predicted molar refractivity (Wildman–Crippen MR) is 152 cm³/mol.